The predicted molar refractivity (Wildman–Crippen MR) is 97.9 cm³/mol. The largest absolute Gasteiger partial charge is 0.495 e. The van der Waals surface area contributed by atoms with E-state index < -0.39 is 22.0 Å². The van der Waals surface area contributed by atoms with Gasteiger partial charge >= 0.3 is 0 Å². The molecule has 0 saturated heterocycles. The molecule has 0 saturated carbocycles. The van der Waals surface area contributed by atoms with E-state index >= 15 is 0 Å². The Labute approximate surface area is 156 Å². The number of halogens is 2. The number of benzene rings is 2. The maximum Gasteiger partial charge on any atom is 0.245 e. The van der Waals surface area contributed by atoms with Gasteiger partial charge in [0.05, 0.1) is 23.9 Å². The number of ether oxygens (including phenoxy) is 1. The van der Waals surface area contributed by atoms with Gasteiger partial charge in [0.25, 0.3) is 0 Å². The summed E-state index contributed by atoms with van der Waals surface area (Å²) in [5, 5.41) is 3.15. The van der Waals surface area contributed by atoms with Crippen molar-refractivity contribution in [2.24, 2.45) is 0 Å². The summed E-state index contributed by atoms with van der Waals surface area (Å²) in [6, 6.07) is 9.79. The summed E-state index contributed by atoms with van der Waals surface area (Å²) in [4.78, 5) is 12.1. The number of amides is 1. The average molecular weight is 403 g/mol. The lowest BCUT2D eigenvalue weighted by Gasteiger charge is -2.16. The van der Waals surface area contributed by atoms with E-state index in [0.717, 1.165) is 0 Å². The van der Waals surface area contributed by atoms with Gasteiger partial charge in [0, 0.05) is 5.02 Å². The van der Waals surface area contributed by atoms with Gasteiger partial charge in [0.2, 0.25) is 15.9 Å². The minimum absolute atomic E-state index is 0.121. The maximum absolute atomic E-state index is 12.5. The molecule has 1 atom stereocenters. The number of hydrogen-bond donors (Lipinski definition) is 2. The lowest BCUT2D eigenvalue weighted by Crippen LogP contribution is -2.41. The molecule has 2 aromatic rings. The predicted octanol–water partition coefficient (Wildman–Crippen LogP) is 3.31. The number of hydrogen-bond acceptors (Lipinski definition) is 4. The molecule has 1 amide bonds. The van der Waals surface area contributed by atoms with Crippen molar-refractivity contribution in [2.45, 2.75) is 17.9 Å². The van der Waals surface area contributed by atoms with Gasteiger partial charge < -0.3 is 10.1 Å². The molecule has 0 aliphatic heterocycles. The number of carbonyl (C=O) groups is 1. The smallest absolute Gasteiger partial charge is 0.245 e. The fourth-order valence-corrected chi connectivity index (χ4v) is 3.83. The van der Waals surface area contributed by atoms with Gasteiger partial charge in [0.1, 0.15) is 10.6 Å². The lowest BCUT2D eigenvalue weighted by atomic mass is 10.3. The molecule has 0 spiro atoms. The third-order valence-corrected chi connectivity index (χ3v) is 5.40. The summed E-state index contributed by atoms with van der Waals surface area (Å²) in [6.07, 6.45) is 0. The molecule has 2 N–H and O–H groups in total. The minimum atomic E-state index is -4.03. The molecule has 9 heteroatoms. The van der Waals surface area contributed by atoms with Gasteiger partial charge in [-0.1, -0.05) is 35.3 Å². The van der Waals surface area contributed by atoms with Crippen molar-refractivity contribution in [3.8, 4) is 5.75 Å². The van der Waals surface area contributed by atoms with Crippen molar-refractivity contribution in [1.82, 2.24) is 4.72 Å². The van der Waals surface area contributed by atoms with E-state index in [0.29, 0.717) is 10.7 Å². The van der Waals surface area contributed by atoms with Crippen LogP contribution in [0.1, 0.15) is 6.92 Å². The third kappa shape index (κ3) is 4.85. The molecule has 134 valence electrons. The Balaban J connectivity index is 2.19. The number of para-hydroxylation sites is 1. The van der Waals surface area contributed by atoms with E-state index in [4.69, 9.17) is 27.9 Å². The Morgan fingerprint density at radius 3 is 2.48 bits per heavy atom. The second kappa shape index (κ2) is 8.05. The monoisotopic (exact) mass is 402 g/mol. The van der Waals surface area contributed by atoms with E-state index in [-0.39, 0.29) is 15.7 Å². The van der Waals surface area contributed by atoms with Crippen LogP contribution in [-0.2, 0) is 14.8 Å². The van der Waals surface area contributed by atoms with E-state index in [2.05, 4.69) is 10.0 Å². The zero-order valence-corrected chi connectivity index (χ0v) is 15.7. The van der Waals surface area contributed by atoms with Gasteiger partial charge in [-0.05, 0) is 37.3 Å². The van der Waals surface area contributed by atoms with Crippen molar-refractivity contribution in [3.63, 3.8) is 0 Å². The summed E-state index contributed by atoms with van der Waals surface area (Å²) in [5.74, 6) is -0.437. The molecule has 0 unspecified atom stereocenters. The zero-order chi connectivity index (χ0) is 18.6. The van der Waals surface area contributed by atoms with Gasteiger partial charge in [-0.2, -0.15) is 4.72 Å². The van der Waals surface area contributed by atoms with Crippen LogP contribution in [0.25, 0.3) is 0 Å². The normalized spacial score (nSPS) is 12.5. The first kappa shape index (κ1) is 19.5. The van der Waals surface area contributed by atoms with E-state index in [9.17, 15) is 13.2 Å². The average Bonchev–Trinajstić information content (AvgIpc) is 2.56. The molecule has 25 heavy (non-hydrogen) atoms. The van der Waals surface area contributed by atoms with Crippen LogP contribution in [0.5, 0.6) is 5.75 Å². The van der Waals surface area contributed by atoms with Crippen LogP contribution in [0.3, 0.4) is 0 Å². The molecular weight excluding hydrogens is 387 g/mol. The molecule has 2 rings (SSSR count). The molecule has 0 heterocycles. The van der Waals surface area contributed by atoms with E-state index in [1.807, 2.05) is 0 Å². The minimum Gasteiger partial charge on any atom is -0.495 e. The number of sulfonamides is 1. The van der Waals surface area contributed by atoms with Crippen LogP contribution >= 0.6 is 23.2 Å². The summed E-state index contributed by atoms with van der Waals surface area (Å²) in [6.45, 7) is 1.42. The second-order valence-corrected chi connectivity index (χ2v) is 7.63. The van der Waals surface area contributed by atoms with Crippen molar-refractivity contribution in [1.29, 1.82) is 0 Å². The van der Waals surface area contributed by atoms with Crippen LogP contribution < -0.4 is 14.8 Å². The lowest BCUT2D eigenvalue weighted by molar-refractivity contribution is -0.117. The van der Waals surface area contributed by atoms with Gasteiger partial charge in [-0.3, -0.25) is 4.79 Å². The zero-order valence-electron chi connectivity index (χ0n) is 13.4. The van der Waals surface area contributed by atoms with Gasteiger partial charge in [-0.15, -0.1) is 0 Å². The Kier molecular flexibility index (Phi) is 6.29. The topological polar surface area (TPSA) is 84.5 Å². The molecule has 6 nitrogen and oxygen atoms in total. The molecule has 0 aliphatic carbocycles. The number of carbonyl (C=O) groups excluding carboxylic acids is 1. The van der Waals surface area contributed by atoms with Crippen LogP contribution in [-0.4, -0.2) is 27.5 Å². The van der Waals surface area contributed by atoms with Crippen LogP contribution in [0.4, 0.5) is 5.69 Å². The summed E-state index contributed by atoms with van der Waals surface area (Å²) in [5.41, 5.74) is 0.389. The standard InChI is InChI=1S/C16H16Cl2N2O4S/c1-10(16(21)19-13-6-4-3-5-12(13)18)20-25(22,23)15-9-11(17)7-8-14(15)24-2/h3-10,20H,1-2H3,(H,19,21)/t10-/m1/s1. The maximum atomic E-state index is 12.5. The second-order valence-electron chi connectivity index (χ2n) is 5.11. The Bertz CT molecular complexity index is 887. The first-order valence-corrected chi connectivity index (χ1v) is 9.40. The molecule has 0 radical (unpaired) electrons. The summed E-state index contributed by atoms with van der Waals surface area (Å²) in [7, 11) is -2.68. The van der Waals surface area contributed by atoms with Crippen LogP contribution in [0.2, 0.25) is 10.0 Å². The van der Waals surface area contributed by atoms with Gasteiger partial charge in [-0.25, -0.2) is 8.42 Å². The van der Waals surface area contributed by atoms with Crippen molar-refractivity contribution >= 4 is 44.8 Å². The highest BCUT2D eigenvalue weighted by Crippen LogP contribution is 2.27. The molecule has 2 aromatic carbocycles. The highest BCUT2D eigenvalue weighted by atomic mass is 35.5. The van der Waals surface area contributed by atoms with Crippen molar-refractivity contribution in [2.75, 3.05) is 12.4 Å². The molecule has 0 aromatic heterocycles. The number of methoxy groups -OCH3 is 1. The van der Waals surface area contributed by atoms with E-state index in [1.54, 1.807) is 24.3 Å². The third-order valence-electron chi connectivity index (χ3n) is 3.27. The highest BCUT2D eigenvalue weighted by Gasteiger charge is 2.25. The van der Waals surface area contributed by atoms with Crippen LogP contribution in [0.15, 0.2) is 47.4 Å². The summed E-state index contributed by atoms with van der Waals surface area (Å²) >= 11 is 11.8. The van der Waals surface area contributed by atoms with E-state index in [1.165, 1.54) is 32.2 Å². The molecule has 0 aliphatic rings. The quantitative estimate of drug-likeness (QED) is 0.775. The number of rotatable bonds is 6. The van der Waals surface area contributed by atoms with Crippen LogP contribution in [0, 0.1) is 0 Å². The van der Waals surface area contributed by atoms with Crippen molar-refractivity contribution < 1.29 is 17.9 Å². The number of anilines is 1. The van der Waals surface area contributed by atoms with Crippen molar-refractivity contribution in [3.05, 3.63) is 52.5 Å². The first-order chi connectivity index (χ1) is 11.7. The summed E-state index contributed by atoms with van der Waals surface area (Å²) < 4.78 is 32.4. The fraction of sp³-hybridized carbons (Fsp3) is 0.188. The first-order valence-electron chi connectivity index (χ1n) is 7.16. The molecular formula is C16H16Cl2N2O4S. The fourth-order valence-electron chi connectivity index (χ4n) is 2.01. The molecule has 0 bridgehead atoms. The molecule has 0 fully saturated rings. The SMILES string of the molecule is COc1ccc(Cl)cc1S(=O)(=O)N[C@H](C)C(=O)Nc1ccccc1Cl. The Morgan fingerprint density at radius 2 is 1.84 bits per heavy atom. The number of nitrogens with one attached hydrogen (secondary N) is 2. The highest BCUT2D eigenvalue weighted by molar-refractivity contribution is 7.89. The van der Waals surface area contributed by atoms with Gasteiger partial charge in [0.15, 0.2) is 0 Å². The Morgan fingerprint density at radius 1 is 1.16 bits per heavy atom. The Hall–Kier alpha value is -1.80.